The van der Waals surface area contributed by atoms with Crippen LogP contribution < -0.4 is 10.5 Å². The molecule has 11 nitrogen and oxygen atoms in total. The van der Waals surface area contributed by atoms with E-state index in [9.17, 15) is 10.2 Å². The Morgan fingerprint density at radius 1 is 1.29 bits per heavy atom. The molecule has 11 heteroatoms. The van der Waals surface area contributed by atoms with Crippen LogP contribution in [-0.2, 0) is 4.74 Å². The van der Waals surface area contributed by atoms with Gasteiger partial charge in [0, 0.05) is 0 Å². The van der Waals surface area contributed by atoms with Gasteiger partial charge in [0.15, 0.2) is 11.7 Å². The van der Waals surface area contributed by atoms with Crippen molar-refractivity contribution in [2.45, 2.75) is 24.5 Å². The molecule has 0 bridgehead atoms. The number of nitrogens with zero attached hydrogens (tertiary/aromatic N) is 5. The second-order valence-corrected chi connectivity index (χ2v) is 4.51. The van der Waals surface area contributed by atoms with Gasteiger partial charge >= 0.3 is 0 Å². The molecule has 5 N–H and O–H groups in total. The number of ether oxygens (including phenoxy) is 2. The summed E-state index contributed by atoms with van der Waals surface area (Å²) in [4.78, 5) is 8.81. The lowest BCUT2D eigenvalue weighted by Gasteiger charge is -2.12. The van der Waals surface area contributed by atoms with Gasteiger partial charge in [-0.2, -0.15) is 9.97 Å². The highest BCUT2D eigenvalue weighted by Gasteiger charge is 2.44. The van der Waals surface area contributed by atoms with Gasteiger partial charge in [0.2, 0.25) is 17.5 Å². The van der Waals surface area contributed by atoms with Crippen molar-refractivity contribution in [2.24, 2.45) is 0 Å². The molecule has 0 unspecified atom stereocenters. The SMILES string of the molecule is COc1nc(N)nc2nn([C@@H]3O[C@H](CO)[C@@H](O)[C@H]3O)nc12. The molecule has 1 aliphatic rings. The fourth-order valence-electron chi connectivity index (χ4n) is 2.15. The summed E-state index contributed by atoms with van der Waals surface area (Å²) in [7, 11) is 1.40. The first-order valence-corrected chi connectivity index (χ1v) is 6.11. The number of hydrogen-bond donors (Lipinski definition) is 4. The van der Waals surface area contributed by atoms with Crippen molar-refractivity contribution < 1.29 is 24.8 Å². The molecule has 1 aliphatic heterocycles. The lowest BCUT2D eigenvalue weighted by atomic mass is 10.1. The zero-order chi connectivity index (χ0) is 15.1. The maximum Gasteiger partial charge on any atom is 0.248 e. The minimum atomic E-state index is -1.29. The number of hydrogen-bond acceptors (Lipinski definition) is 10. The quantitative estimate of drug-likeness (QED) is 0.473. The maximum absolute atomic E-state index is 9.94. The molecule has 2 aromatic heterocycles. The van der Waals surface area contributed by atoms with Crippen molar-refractivity contribution in [1.82, 2.24) is 25.0 Å². The lowest BCUT2D eigenvalue weighted by Crippen LogP contribution is -2.33. The Kier molecular flexibility index (Phi) is 3.33. The van der Waals surface area contributed by atoms with E-state index in [1.54, 1.807) is 0 Å². The van der Waals surface area contributed by atoms with Crippen LogP contribution in [0.15, 0.2) is 0 Å². The summed E-state index contributed by atoms with van der Waals surface area (Å²) in [6.07, 6.45) is -4.51. The van der Waals surface area contributed by atoms with Gasteiger partial charge in [-0.3, -0.25) is 0 Å². The highest BCUT2D eigenvalue weighted by Crippen LogP contribution is 2.29. The van der Waals surface area contributed by atoms with E-state index in [0.29, 0.717) is 0 Å². The Bertz CT molecular complexity index is 663. The summed E-state index contributed by atoms with van der Waals surface area (Å²) in [5.41, 5.74) is 5.93. The van der Waals surface area contributed by atoms with E-state index in [0.717, 1.165) is 4.80 Å². The average molecular weight is 298 g/mol. The van der Waals surface area contributed by atoms with Gasteiger partial charge in [-0.05, 0) is 0 Å². The minimum Gasteiger partial charge on any atom is -0.479 e. The molecule has 1 saturated heterocycles. The van der Waals surface area contributed by atoms with Gasteiger partial charge in [-0.25, -0.2) is 0 Å². The first-order chi connectivity index (χ1) is 10.0. The third-order valence-corrected chi connectivity index (χ3v) is 3.19. The number of fused-ring (bicyclic) bond motifs is 1. The Morgan fingerprint density at radius 2 is 2.05 bits per heavy atom. The van der Waals surface area contributed by atoms with Gasteiger partial charge in [-0.1, -0.05) is 0 Å². The standard InChI is InChI=1S/C10H14N6O5/c1-20-8-4-7(12-10(11)13-8)15-16(14-4)9-6(19)5(18)3(2-17)21-9/h3,5-6,9,17-19H,2H2,1H3,(H2,11,12,15)/t3-,5-,6-,9-/m1/s1. The lowest BCUT2D eigenvalue weighted by molar-refractivity contribution is -0.0650. The van der Waals surface area contributed by atoms with E-state index in [1.165, 1.54) is 7.11 Å². The van der Waals surface area contributed by atoms with Gasteiger partial charge in [0.25, 0.3) is 0 Å². The van der Waals surface area contributed by atoms with Crippen LogP contribution in [0.5, 0.6) is 5.88 Å². The van der Waals surface area contributed by atoms with Crippen LogP contribution in [0, 0.1) is 0 Å². The molecular weight excluding hydrogens is 284 g/mol. The van der Waals surface area contributed by atoms with Crippen molar-refractivity contribution in [2.75, 3.05) is 19.5 Å². The van der Waals surface area contributed by atoms with Crippen molar-refractivity contribution in [3.8, 4) is 5.88 Å². The van der Waals surface area contributed by atoms with Crippen molar-refractivity contribution in [3.63, 3.8) is 0 Å². The zero-order valence-electron chi connectivity index (χ0n) is 11.0. The molecule has 0 spiro atoms. The van der Waals surface area contributed by atoms with E-state index in [1.807, 2.05) is 0 Å². The fourth-order valence-corrected chi connectivity index (χ4v) is 2.15. The summed E-state index contributed by atoms with van der Waals surface area (Å²) in [6, 6.07) is 0. The summed E-state index contributed by atoms with van der Waals surface area (Å²) >= 11 is 0. The predicted octanol–water partition coefficient (Wildman–Crippen LogP) is -2.58. The molecule has 1 fully saturated rings. The Labute approximate surface area is 117 Å². The number of rotatable bonds is 3. The van der Waals surface area contributed by atoms with E-state index in [2.05, 4.69) is 20.2 Å². The summed E-state index contributed by atoms with van der Waals surface area (Å²) in [6.45, 7) is -0.439. The van der Waals surface area contributed by atoms with E-state index < -0.39 is 31.1 Å². The van der Waals surface area contributed by atoms with E-state index >= 15 is 0 Å². The van der Waals surface area contributed by atoms with Gasteiger partial charge in [0.1, 0.15) is 18.3 Å². The Hall–Kier alpha value is -2.08. The Morgan fingerprint density at radius 3 is 2.67 bits per heavy atom. The van der Waals surface area contributed by atoms with E-state index in [-0.39, 0.29) is 23.0 Å². The van der Waals surface area contributed by atoms with Crippen molar-refractivity contribution in [3.05, 3.63) is 0 Å². The normalized spacial score (nSPS) is 29.1. The number of nitrogens with two attached hydrogens (primary N) is 1. The topological polar surface area (TPSA) is 162 Å². The molecule has 0 aliphatic carbocycles. The molecule has 2 aromatic rings. The van der Waals surface area contributed by atoms with Gasteiger partial charge in [-0.15, -0.1) is 15.0 Å². The highest BCUT2D eigenvalue weighted by atomic mass is 16.6. The smallest absolute Gasteiger partial charge is 0.248 e. The summed E-state index contributed by atoms with van der Waals surface area (Å²) in [5, 5.41) is 36.9. The van der Waals surface area contributed by atoms with Crippen molar-refractivity contribution >= 4 is 17.1 Å². The molecule has 3 heterocycles. The van der Waals surface area contributed by atoms with Crippen molar-refractivity contribution in [1.29, 1.82) is 0 Å². The zero-order valence-corrected chi connectivity index (χ0v) is 11.0. The van der Waals surface area contributed by atoms with Crippen LogP contribution in [0.25, 0.3) is 11.2 Å². The minimum absolute atomic E-state index is 0.0347. The number of aromatic nitrogens is 5. The van der Waals surface area contributed by atoms with Gasteiger partial charge in [0.05, 0.1) is 13.7 Å². The largest absolute Gasteiger partial charge is 0.479 e. The molecule has 0 aromatic carbocycles. The number of aliphatic hydroxyl groups excluding tert-OH is 3. The molecule has 4 atom stereocenters. The van der Waals surface area contributed by atoms with Crippen LogP contribution in [0.2, 0.25) is 0 Å². The number of nitrogen functional groups attached to an aromatic ring is 1. The molecule has 0 amide bonds. The van der Waals surface area contributed by atoms with Crippen LogP contribution >= 0.6 is 0 Å². The fraction of sp³-hybridized carbons (Fsp3) is 0.600. The second-order valence-electron chi connectivity index (χ2n) is 4.51. The number of anilines is 1. The molecule has 0 saturated carbocycles. The van der Waals surface area contributed by atoms with E-state index in [4.69, 9.17) is 20.3 Å². The summed E-state index contributed by atoms with van der Waals surface area (Å²) < 4.78 is 10.4. The highest BCUT2D eigenvalue weighted by molar-refractivity contribution is 5.75. The molecular formula is C10H14N6O5. The van der Waals surface area contributed by atoms with Crippen LogP contribution in [0.3, 0.4) is 0 Å². The monoisotopic (exact) mass is 298 g/mol. The molecule has 3 rings (SSSR count). The Balaban J connectivity index is 2.02. The average Bonchev–Trinajstić information content (AvgIpc) is 3.00. The maximum atomic E-state index is 9.94. The molecule has 21 heavy (non-hydrogen) atoms. The molecule has 114 valence electrons. The number of aliphatic hydroxyl groups is 3. The van der Waals surface area contributed by atoms with Crippen LogP contribution in [0.1, 0.15) is 6.23 Å². The van der Waals surface area contributed by atoms with Crippen LogP contribution in [0.4, 0.5) is 5.95 Å². The second kappa shape index (κ2) is 5.04. The first-order valence-electron chi connectivity index (χ1n) is 6.11. The predicted molar refractivity (Wildman–Crippen MR) is 67.1 cm³/mol. The van der Waals surface area contributed by atoms with Crippen LogP contribution in [-0.4, -0.2) is 72.3 Å². The summed E-state index contributed by atoms with van der Waals surface area (Å²) in [5.74, 6) is 0.100. The first kappa shape index (κ1) is 13.9. The van der Waals surface area contributed by atoms with Gasteiger partial charge < -0.3 is 30.5 Å². The third kappa shape index (κ3) is 2.15. The number of methoxy groups -OCH3 is 1. The third-order valence-electron chi connectivity index (χ3n) is 3.19. The molecule has 0 radical (unpaired) electrons.